The van der Waals surface area contributed by atoms with Crippen LogP contribution < -0.4 is 27.0 Å². The molecule has 0 aromatic heterocycles. The van der Waals surface area contributed by atoms with E-state index in [1.807, 2.05) is 30.3 Å². The molecule has 2 aromatic rings. The molecule has 0 spiro atoms. The summed E-state index contributed by atoms with van der Waals surface area (Å²) < 4.78 is 5.33. The summed E-state index contributed by atoms with van der Waals surface area (Å²) in [6.07, 6.45) is 1.19. The van der Waals surface area contributed by atoms with Crippen LogP contribution in [0.3, 0.4) is 0 Å². The Labute approximate surface area is 226 Å². The number of hydrogen-bond donors (Lipinski definition) is 7. The highest BCUT2D eigenvalue weighted by molar-refractivity contribution is 5.92. The number of ether oxygens (including phenoxy) is 1. The van der Waals surface area contributed by atoms with Crippen molar-refractivity contribution < 1.29 is 29.0 Å². The number of aliphatic hydroxyl groups excluding tert-OH is 1. The lowest BCUT2D eigenvalue weighted by Crippen LogP contribution is -2.55. The van der Waals surface area contributed by atoms with Gasteiger partial charge in [0.25, 0.3) is 0 Å². The molecule has 2 unspecified atom stereocenters. The molecule has 2 aromatic carbocycles. The van der Waals surface area contributed by atoms with E-state index < -0.39 is 42.6 Å². The molecule has 208 valence electrons. The van der Waals surface area contributed by atoms with E-state index >= 15 is 0 Å². The molecule has 12 heteroatoms. The quantitative estimate of drug-likeness (QED) is 0.0698. The molecule has 0 saturated heterocycles. The van der Waals surface area contributed by atoms with Crippen molar-refractivity contribution in [2.75, 3.05) is 13.2 Å². The van der Waals surface area contributed by atoms with E-state index in [0.717, 1.165) is 28.7 Å². The number of fused-ring (bicyclic) bond motifs is 3. The third-order valence-corrected chi connectivity index (χ3v) is 6.35. The lowest BCUT2D eigenvalue weighted by Gasteiger charge is -2.21. The van der Waals surface area contributed by atoms with Crippen LogP contribution in [0.5, 0.6) is 0 Å². The summed E-state index contributed by atoms with van der Waals surface area (Å²) in [5.74, 6) is -1.59. The van der Waals surface area contributed by atoms with Gasteiger partial charge in [-0.15, -0.1) is 0 Å². The Hall–Kier alpha value is -4.45. The minimum atomic E-state index is -1.35. The maximum Gasteiger partial charge on any atom is 0.408 e. The number of guanidine groups is 1. The van der Waals surface area contributed by atoms with Crippen molar-refractivity contribution in [1.29, 1.82) is 5.41 Å². The van der Waals surface area contributed by atoms with Crippen LogP contribution in [0.25, 0.3) is 11.1 Å². The monoisotopic (exact) mass is 538 g/mol. The number of nitrogens with one attached hydrogen (secondary N) is 5. The Kier molecular flexibility index (Phi) is 10.4. The number of aldehydes is 1. The second-order valence-electron chi connectivity index (χ2n) is 9.20. The number of rotatable bonds is 13. The van der Waals surface area contributed by atoms with Crippen LogP contribution in [-0.2, 0) is 32.1 Å². The predicted octanol–water partition coefficient (Wildman–Crippen LogP) is 0.297. The molecule has 0 bridgehead atoms. The van der Waals surface area contributed by atoms with E-state index in [-0.39, 0.29) is 12.6 Å². The normalized spacial score (nSPS) is 13.6. The van der Waals surface area contributed by atoms with Gasteiger partial charge in [-0.05, 0) is 54.0 Å². The van der Waals surface area contributed by atoms with Crippen molar-refractivity contribution in [3.8, 4) is 11.1 Å². The summed E-state index contributed by atoms with van der Waals surface area (Å²) in [5, 5.41) is 26.6. The smallest absolute Gasteiger partial charge is 0.408 e. The number of alkyl carbamates (subject to hydrolysis) is 1. The maximum atomic E-state index is 12.6. The summed E-state index contributed by atoms with van der Waals surface area (Å²) in [6, 6.07) is 10.7. The minimum absolute atomic E-state index is 0.0173. The van der Waals surface area contributed by atoms with E-state index in [1.165, 1.54) is 12.5 Å². The van der Waals surface area contributed by atoms with Crippen molar-refractivity contribution in [2.45, 2.75) is 50.9 Å². The first-order valence-corrected chi connectivity index (χ1v) is 12.6. The first-order chi connectivity index (χ1) is 18.7. The Morgan fingerprint density at radius 1 is 1.08 bits per heavy atom. The van der Waals surface area contributed by atoms with Crippen LogP contribution in [0, 0.1) is 5.41 Å². The number of carbonyl (C=O) groups is 4. The fraction of sp³-hybridized carbons (Fsp3) is 0.370. The summed E-state index contributed by atoms with van der Waals surface area (Å²) >= 11 is 0. The van der Waals surface area contributed by atoms with E-state index in [9.17, 15) is 24.3 Å². The number of amides is 3. The molecular weight excluding hydrogens is 504 g/mol. The Bertz CT molecular complexity index is 1220. The number of aliphatic hydroxyl groups is 1. The lowest BCUT2D eigenvalue weighted by molar-refractivity contribution is -0.131. The standard InChI is InChI=1S/C27H34N6O6/c1-16(24(36)32-19(13-34)8-5-11-30-26(28)29)31-25(37)23(14-35)33-27(38)39-15-18-7-4-10-21-20-9-3-2-6-17(20)12-22(18)21/h2-4,6-7,9-10,13,16,19,23,35H,5,8,11-12,14-15H2,1H3,(H,31,37)(H,32,36)(H,33,38)(H4,28,29,30)/t16?,19?,23-/m1/s1. The highest BCUT2D eigenvalue weighted by Crippen LogP contribution is 2.38. The third kappa shape index (κ3) is 8.01. The number of benzene rings is 2. The van der Waals surface area contributed by atoms with Crippen LogP contribution in [0.4, 0.5) is 4.79 Å². The molecule has 8 N–H and O–H groups in total. The lowest BCUT2D eigenvalue weighted by atomic mass is 10.0. The van der Waals surface area contributed by atoms with Crippen molar-refractivity contribution in [1.82, 2.24) is 21.3 Å². The zero-order valence-electron chi connectivity index (χ0n) is 21.7. The SMILES string of the molecule is CC(NC(=O)[C@@H](CO)NC(=O)OCc1cccc2c1Cc1ccccc1-2)C(=O)NC(C=O)CCCNC(=N)N. The van der Waals surface area contributed by atoms with Crippen molar-refractivity contribution in [2.24, 2.45) is 5.73 Å². The van der Waals surface area contributed by atoms with E-state index in [0.29, 0.717) is 25.7 Å². The third-order valence-electron chi connectivity index (χ3n) is 6.35. The summed E-state index contributed by atoms with van der Waals surface area (Å²) in [7, 11) is 0. The first-order valence-electron chi connectivity index (χ1n) is 12.6. The highest BCUT2D eigenvalue weighted by atomic mass is 16.5. The zero-order valence-corrected chi connectivity index (χ0v) is 21.7. The second-order valence-corrected chi connectivity index (χ2v) is 9.20. The average Bonchev–Trinajstić information content (AvgIpc) is 3.31. The van der Waals surface area contributed by atoms with Gasteiger partial charge in [-0.25, -0.2) is 4.79 Å². The molecule has 12 nitrogen and oxygen atoms in total. The highest BCUT2D eigenvalue weighted by Gasteiger charge is 2.26. The van der Waals surface area contributed by atoms with Crippen LogP contribution in [0.15, 0.2) is 42.5 Å². The molecule has 0 heterocycles. The maximum absolute atomic E-state index is 12.6. The zero-order chi connectivity index (χ0) is 28.4. The molecule has 1 aliphatic rings. The van der Waals surface area contributed by atoms with Gasteiger partial charge in [-0.1, -0.05) is 42.5 Å². The van der Waals surface area contributed by atoms with Gasteiger partial charge in [0.05, 0.1) is 12.6 Å². The van der Waals surface area contributed by atoms with Gasteiger partial charge in [0.1, 0.15) is 25.0 Å². The molecule has 1 aliphatic carbocycles. The van der Waals surface area contributed by atoms with Crippen LogP contribution in [-0.4, -0.2) is 66.5 Å². The van der Waals surface area contributed by atoms with Gasteiger partial charge in [0.2, 0.25) is 11.8 Å². The summed E-state index contributed by atoms with van der Waals surface area (Å²) in [5.41, 5.74) is 10.6. The second kappa shape index (κ2) is 13.9. The molecule has 39 heavy (non-hydrogen) atoms. The van der Waals surface area contributed by atoms with Gasteiger partial charge in [-0.2, -0.15) is 0 Å². The number of nitrogens with two attached hydrogens (primary N) is 1. The molecule has 0 saturated carbocycles. The van der Waals surface area contributed by atoms with Gasteiger partial charge in [0.15, 0.2) is 5.96 Å². The van der Waals surface area contributed by atoms with Gasteiger partial charge in [-0.3, -0.25) is 15.0 Å². The van der Waals surface area contributed by atoms with Crippen molar-refractivity contribution >= 4 is 30.2 Å². The fourth-order valence-corrected chi connectivity index (χ4v) is 4.29. The average molecular weight is 539 g/mol. The molecular formula is C27H34N6O6. The molecule has 3 atom stereocenters. The summed E-state index contributed by atoms with van der Waals surface area (Å²) in [4.78, 5) is 48.7. The predicted molar refractivity (Wildman–Crippen MR) is 144 cm³/mol. The molecule has 3 amide bonds. The van der Waals surface area contributed by atoms with Crippen LogP contribution >= 0.6 is 0 Å². The van der Waals surface area contributed by atoms with Crippen molar-refractivity contribution in [3.63, 3.8) is 0 Å². The van der Waals surface area contributed by atoms with Gasteiger partial charge in [0, 0.05) is 6.54 Å². The van der Waals surface area contributed by atoms with Crippen LogP contribution in [0.1, 0.15) is 36.5 Å². The first kappa shape index (κ1) is 29.1. The molecule has 0 radical (unpaired) electrons. The van der Waals surface area contributed by atoms with E-state index in [1.54, 1.807) is 0 Å². The fourth-order valence-electron chi connectivity index (χ4n) is 4.29. The molecule has 0 aliphatic heterocycles. The van der Waals surface area contributed by atoms with Crippen molar-refractivity contribution in [3.05, 3.63) is 59.2 Å². The molecule has 3 rings (SSSR count). The minimum Gasteiger partial charge on any atom is -0.445 e. The van der Waals surface area contributed by atoms with Gasteiger partial charge >= 0.3 is 6.09 Å². The summed E-state index contributed by atoms with van der Waals surface area (Å²) in [6.45, 7) is 1.04. The van der Waals surface area contributed by atoms with Crippen LogP contribution in [0.2, 0.25) is 0 Å². The van der Waals surface area contributed by atoms with E-state index in [4.69, 9.17) is 15.9 Å². The molecule has 0 fully saturated rings. The largest absolute Gasteiger partial charge is 0.445 e. The van der Waals surface area contributed by atoms with E-state index in [2.05, 4.69) is 33.4 Å². The number of hydrogen-bond acceptors (Lipinski definition) is 7. The Morgan fingerprint density at radius 2 is 1.82 bits per heavy atom. The van der Waals surface area contributed by atoms with Gasteiger partial charge < -0.3 is 41.6 Å². The topological polar surface area (TPSA) is 196 Å². The number of carbonyl (C=O) groups excluding carboxylic acids is 4. The Morgan fingerprint density at radius 3 is 2.54 bits per heavy atom. The Balaban J connectivity index is 1.47.